The fourth-order valence-electron chi connectivity index (χ4n) is 8.87. The summed E-state index contributed by atoms with van der Waals surface area (Å²) in [7, 11) is 3.70. The van der Waals surface area contributed by atoms with Crippen molar-refractivity contribution >= 4 is 80.2 Å². The van der Waals surface area contributed by atoms with Gasteiger partial charge in [-0.1, -0.05) is 18.2 Å². The van der Waals surface area contributed by atoms with Crippen molar-refractivity contribution in [1.29, 1.82) is 0 Å². The zero-order chi connectivity index (χ0) is 56.0. The Balaban J connectivity index is 0.682. The van der Waals surface area contributed by atoms with Crippen molar-refractivity contribution in [1.82, 2.24) is 44.3 Å². The summed E-state index contributed by atoms with van der Waals surface area (Å²) in [6.45, 7) is 10.4. The van der Waals surface area contributed by atoms with Crippen LogP contribution in [0.5, 0.6) is 5.75 Å². The van der Waals surface area contributed by atoms with E-state index >= 15 is 4.39 Å². The molecule has 79 heavy (non-hydrogen) atoms. The van der Waals surface area contributed by atoms with Gasteiger partial charge in [-0.2, -0.15) is 4.98 Å². The summed E-state index contributed by atoms with van der Waals surface area (Å²) in [6, 6.07) is 19.0. The van der Waals surface area contributed by atoms with Crippen LogP contribution in [-0.2, 0) is 4.79 Å². The maximum Gasteiger partial charge on any atom is 0.258 e. The molecule has 6 aromatic rings. The number of benzene rings is 4. The lowest BCUT2D eigenvalue weighted by Gasteiger charge is -2.35. The molecule has 1 saturated heterocycles. The quantitative estimate of drug-likeness (QED) is 0.0170. The average Bonchev–Trinajstić information content (AvgIpc) is 4.32. The number of nitrogen functional groups attached to an aromatic ring is 1. The number of carbonyl (C=O) groups excluding carboxylic acids is 3. The highest BCUT2D eigenvalue weighted by molar-refractivity contribution is 9.10. The topological polar surface area (TPSA) is 225 Å². The first-order valence-electron chi connectivity index (χ1n) is 25.9. The minimum absolute atomic E-state index is 0.0142. The van der Waals surface area contributed by atoms with Gasteiger partial charge in [0.15, 0.2) is 11.6 Å². The van der Waals surface area contributed by atoms with E-state index in [-0.39, 0.29) is 58.8 Å². The van der Waals surface area contributed by atoms with Crippen LogP contribution < -0.4 is 36.9 Å². The highest BCUT2D eigenvalue weighted by atomic mass is 79.9. The number of anilines is 6. The van der Waals surface area contributed by atoms with Gasteiger partial charge in [0, 0.05) is 80.4 Å². The standard InChI is InChI=1S/C56H64BrF3N14O4S/c1-35-42(31-38(58)32-47(35)69-55(77)41-18-13-37(30-45(41)60)36-11-12-36)50-51(52(61)65-34-64-50)78-29-28-72(3)48(75)10-5-20-71(2)21-7-23-74-26-24-73(25-27-74)22-6-19-66-79-40-16-14-39(15-17-40)67-56-63-33-43(57)54(70-56)68-46-9-4-8-44(59)49(46)53(62)76/h4-5,8-10,13-18,30-34,36,66H,6-7,11-12,19-29H2,1-3H3,(H2,62,76)(H,69,77)(H2,61,64,65)(H2,63,67,68,70)/b10-5+. The third-order valence-corrected chi connectivity index (χ3v) is 14.9. The lowest BCUT2D eigenvalue weighted by molar-refractivity contribution is -0.125. The Bertz CT molecular complexity index is 3150. The third-order valence-electron chi connectivity index (χ3n) is 13.5. The summed E-state index contributed by atoms with van der Waals surface area (Å²) in [5.74, 6) is -2.77. The van der Waals surface area contributed by atoms with Gasteiger partial charge in [-0.15, -0.1) is 0 Å². The molecule has 0 atom stereocenters. The molecule has 3 amide bonds. The Kier molecular flexibility index (Phi) is 20.3. The first-order valence-corrected chi connectivity index (χ1v) is 27.5. The van der Waals surface area contributed by atoms with Crippen LogP contribution in [0.3, 0.4) is 0 Å². The second-order valence-electron chi connectivity index (χ2n) is 19.4. The van der Waals surface area contributed by atoms with E-state index in [9.17, 15) is 23.2 Å². The molecule has 1 aliphatic heterocycles. The average molecular weight is 1170 g/mol. The van der Waals surface area contributed by atoms with E-state index in [4.69, 9.17) is 16.2 Å². The summed E-state index contributed by atoms with van der Waals surface area (Å²) in [4.78, 5) is 65.0. The van der Waals surface area contributed by atoms with Gasteiger partial charge >= 0.3 is 0 Å². The molecule has 4 aromatic carbocycles. The van der Waals surface area contributed by atoms with Crippen LogP contribution in [0, 0.1) is 24.4 Å². The fourth-order valence-corrected chi connectivity index (χ4v) is 9.84. The van der Waals surface area contributed by atoms with Crippen molar-refractivity contribution in [2.75, 3.05) is 108 Å². The SMILES string of the molecule is Cc1c(NC(=O)c2ccc(C3CC3)cc2F)cc(F)cc1-c1ncnc(N)c1OCCN(C)C(=O)/C=C/CN(C)CCCN1CCN(CCCNSc2ccc(Nc3ncc(Br)c(Nc4cccc(F)c4C(N)=O)n3)cc2)CC1. The number of halogens is 4. The molecule has 0 spiro atoms. The van der Waals surface area contributed by atoms with E-state index in [1.54, 1.807) is 50.3 Å². The molecule has 2 aliphatic rings. The molecule has 8 rings (SSSR count). The number of nitrogens with one attached hydrogen (secondary N) is 4. The van der Waals surface area contributed by atoms with Crippen LogP contribution in [0.1, 0.15) is 63.4 Å². The number of piperazine rings is 1. The van der Waals surface area contributed by atoms with Crippen LogP contribution in [0.25, 0.3) is 11.3 Å². The van der Waals surface area contributed by atoms with E-state index in [2.05, 4.69) is 71.2 Å². The number of nitrogens with zero attached hydrogens (tertiary/aromatic N) is 8. The number of aromatic nitrogens is 4. The zero-order valence-corrected chi connectivity index (χ0v) is 46.6. The Morgan fingerprint density at radius 2 is 1.63 bits per heavy atom. The number of carbonyl (C=O) groups is 3. The van der Waals surface area contributed by atoms with Gasteiger partial charge in [-0.05, 0) is 165 Å². The molecule has 23 heteroatoms. The molecule has 0 radical (unpaired) electrons. The van der Waals surface area contributed by atoms with Gasteiger partial charge < -0.3 is 51.8 Å². The van der Waals surface area contributed by atoms with E-state index in [0.717, 1.165) is 100 Å². The molecule has 18 nitrogen and oxygen atoms in total. The van der Waals surface area contributed by atoms with Gasteiger partial charge in [0.05, 0.1) is 27.8 Å². The van der Waals surface area contributed by atoms with E-state index in [1.165, 1.54) is 41.6 Å². The van der Waals surface area contributed by atoms with E-state index in [0.29, 0.717) is 39.8 Å². The van der Waals surface area contributed by atoms with Crippen molar-refractivity contribution < 1.29 is 32.3 Å². The highest BCUT2D eigenvalue weighted by Gasteiger charge is 2.26. The fraction of sp³-hybridized carbons (Fsp3) is 0.339. The van der Waals surface area contributed by atoms with Crippen LogP contribution in [0.15, 0.2) is 107 Å². The van der Waals surface area contributed by atoms with E-state index < -0.39 is 29.3 Å². The third kappa shape index (κ3) is 16.2. The first kappa shape index (κ1) is 58.0. The molecule has 3 heterocycles. The molecule has 0 unspecified atom stereocenters. The number of likely N-dealkylation sites (N-methyl/N-ethyl adjacent to an activating group) is 2. The van der Waals surface area contributed by atoms with Gasteiger partial charge in [-0.3, -0.25) is 19.1 Å². The lowest BCUT2D eigenvalue weighted by Crippen LogP contribution is -2.47. The Morgan fingerprint density at radius 1 is 0.886 bits per heavy atom. The minimum atomic E-state index is -0.893. The molecular formula is C56H64BrF3N14O4S. The monoisotopic (exact) mass is 1160 g/mol. The minimum Gasteiger partial charge on any atom is -0.486 e. The van der Waals surface area contributed by atoms with Crippen molar-refractivity contribution in [3.05, 3.63) is 142 Å². The van der Waals surface area contributed by atoms with Crippen LogP contribution in [0.2, 0.25) is 0 Å². The van der Waals surface area contributed by atoms with Crippen molar-refractivity contribution in [2.24, 2.45) is 5.73 Å². The molecular weight excluding hydrogens is 1100 g/mol. The Labute approximate surface area is 470 Å². The lowest BCUT2D eigenvalue weighted by atomic mass is 10.0. The highest BCUT2D eigenvalue weighted by Crippen LogP contribution is 2.41. The smallest absolute Gasteiger partial charge is 0.258 e. The van der Waals surface area contributed by atoms with Crippen LogP contribution in [0.4, 0.5) is 47.8 Å². The Morgan fingerprint density at radius 3 is 2.35 bits per heavy atom. The largest absolute Gasteiger partial charge is 0.486 e. The number of primary amides is 1. The van der Waals surface area contributed by atoms with Gasteiger partial charge in [0.25, 0.3) is 11.8 Å². The van der Waals surface area contributed by atoms with Gasteiger partial charge in [-0.25, -0.2) is 28.1 Å². The molecule has 8 N–H and O–H groups in total. The second kappa shape index (κ2) is 27.6. The molecule has 2 fully saturated rings. The predicted molar refractivity (Wildman–Crippen MR) is 306 cm³/mol. The van der Waals surface area contributed by atoms with E-state index in [1.807, 2.05) is 37.4 Å². The van der Waals surface area contributed by atoms with Crippen LogP contribution in [-0.4, -0.2) is 143 Å². The Hall–Kier alpha value is -7.15. The maximum atomic E-state index is 15.1. The number of hydrogen-bond acceptors (Lipinski definition) is 16. The number of ether oxygens (including phenoxy) is 1. The maximum absolute atomic E-state index is 15.1. The molecule has 1 saturated carbocycles. The number of hydrogen-bond donors (Lipinski definition) is 6. The molecule has 2 aromatic heterocycles. The molecule has 416 valence electrons. The van der Waals surface area contributed by atoms with Gasteiger partial charge in [0.2, 0.25) is 11.9 Å². The first-order chi connectivity index (χ1) is 38.1. The normalized spacial score (nSPS) is 13.9. The summed E-state index contributed by atoms with van der Waals surface area (Å²) in [6.07, 6.45) is 10.2. The summed E-state index contributed by atoms with van der Waals surface area (Å²) >= 11 is 4.98. The zero-order valence-electron chi connectivity index (χ0n) is 44.2. The van der Waals surface area contributed by atoms with Crippen molar-refractivity contribution in [2.45, 2.75) is 43.4 Å². The number of nitrogens with two attached hydrogens (primary N) is 2. The summed E-state index contributed by atoms with van der Waals surface area (Å²) in [5, 5.41) is 8.79. The predicted octanol–water partition coefficient (Wildman–Crippen LogP) is 8.74. The second-order valence-corrected chi connectivity index (χ2v) is 21.2. The van der Waals surface area contributed by atoms with Crippen LogP contribution >= 0.6 is 27.9 Å². The summed E-state index contributed by atoms with van der Waals surface area (Å²) in [5.41, 5.74) is 14.1. The number of rotatable bonds is 26. The molecule has 1 aliphatic carbocycles. The van der Waals surface area contributed by atoms with Crippen molar-refractivity contribution in [3.8, 4) is 17.0 Å². The van der Waals surface area contributed by atoms with Crippen molar-refractivity contribution in [3.63, 3.8) is 0 Å². The summed E-state index contributed by atoms with van der Waals surface area (Å²) < 4.78 is 54.4. The van der Waals surface area contributed by atoms with Gasteiger partial charge in [0.1, 0.15) is 41.9 Å². The number of amides is 3. The molecule has 0 bridgehead atoms.